The molecule has 2 heteroatoms. The highest BCUT2D eigenvalue weighted by molar-refractivity contribution is 5.80. The Morgan fingerprint density at radius 3 is 3.10 bits per heavy atom. The third-order valence-corrected chi connectivity index (χ3v) is 1.66. The van der Waals surface area contributed by atoms with Crippen LogP contribution >= 0.6 is 0 Å². The van der Waals surface area contributed by atoms with Gasteiger partial charge in [-0.05, 0) is 18.6 Å². The second-order valence-corrected chi connectivity index (χ2v) is 2.40. The Kier molecular flexibility index (Phi) is 1.01. The summed E-state index contributed by atoms with van der Waals surface area (Å²) >= 11 is 0. The molecule has 0 spiro atoms. The van der Waals surface area contributed by atoms with Crippen LogP contribution in [0.5, 0.6) is 0 Å². The van der Waals surface area contributed by atoms with Crippen molar-refractivity contribution in [3.63, 3.8) is 0 Å². The Balaban J connectivity index is 2.95. The van der Waals surface area contributed by atoms with Crippen LogP contribution in [0.15, 0.2) is 24.7 Å². The smallest absolute Gasteiger partial charge is 0.0514 e. The Morgan fingerprint density at radius 2 is 2.30 bits per heavy atom. The SMILES string of the molecule is Cc1cncc2cc[nH]c12. The maximum absolute atomic E-state index is 4.06. The Morgan fingerprint density at radius 1 is 1.40 bits per heavy atom. The minimum Gasteiger partial charge on any atom is -0.361 e. The summed E-state index contributed by atoms with van der Waals surface area (Å²) < 4.78 is 0. The predicted molar refractivity (Wildman–Crippen MR) is 40.8 cm³/mol. The molecule has 0 fully saturated rings. The summed E-state index contributed by atoms with van der Waals surface area (Å²) in [6.07, 6.45) is 5.65. The number of nitrogens with one attached hydrogen (secondary N) is 1. The van der Waals surface area contributed by atoms with Crippen molar-refractivity contribution >= 4 is 10.9 Å². The lowest BCUT2D eigenvalue weighted by Crippen LogP contribution is -1.77. The van der Waals surface area contributed by atoms with Gasteiger partial charge in [-0.3, -0.25) is 4.98 Å². The number of fused-ring (bicyclic) bond motifs is 1. The lowest BCUT2D eigenvalue weighted by atomic mass is 10.2. The van der Waals surface area contributed by atoms with E-state index in [1.807, 2.05) is 31.6 Å². The number of aromatic nitrogens is 2. The van der Waals surface area contributed by atoms with Crippen molar-refractivity contribution in [1.29, 1.82) is 0 Å². The first kappa shape index (κ1) is 5.47. The van der Waals surface area contributed by atoms with E-state index in [-0.39, 0.29) is 0 Å². The number of H-pyrrole nitrogens is 1. The zero-order valence-electron chi connectivity index (χ0n) is 5.76. The molecule has 2 aromatic heterocycles. The van der Waals surface area contributed by atoms with Gasteiger partial charge in [0.25, 0.3) is 0 Å². The minimum absolute atomic E-state index is 1.18. The third-order valence-electron chi connectivity index (χ3n) is 1.66. The second-order valence-electron chi connectivity index (χ2n) is 2.40. The van der Waals surface area contributed by atoms with E-state index >= 15 is 0 Å². The number of nitrogens with zero attached hydrogens (tertiary/aromatic N) is 1. The van der Waals surface area contributed by atoms with Gasteiger partial charge in [0.05, 0.1) is 5.52 Å². The lowest BCUT2D eigenvalue weighted by Gasteiger charge is -1.91. The predicted octanol–water partition coefficient (Wildman–Crippen LogP) is 1.87. The molecule has 0 radical (unpaired) electrons. The topological polar surface area (TPSA) is 28.7 Å². The summed E-state index contributed by atoms with van der Waals surface area (Å²) in [7, 11) is 0. The molecule has 0 saturated heterocycles. The molecule has 2 heterocycles. The van der Waals surface area contributed by atoms with E-state index in [2.05, 4.69) is 9.97 Å². The van der Waals surface area contributed by atoms with Crippen LogP contribution in [0.1, 0.15) is 5.56 Å². The average Bonchev–Trinajstić information content (AvgIpc) is 2.36. The first-order valence-corrected chi connectivity index (χ1v) is 3.25. The van der Waals surface area contributed by atoms with E-state index in [0.717, 1.165) is 0 Å². The minimum atomic E-state index is 1.18. The molecule has 2 rings (SSSR count). The van der Waals surface area contributed by atoms with Gasteiger partial charge in [0.15, 0.2) is 0 Å². The molecule has 0 bridgehead atoms. The number of hydrogen-bond donors (Lipinski definition) is 1. The zero-order chi connectivity index (χ0) is 6.97. The van der Waals surface area contributed by atoms with Gasteiger partial charge >= 0.3 is 0 Å². The van der Waals surface area contributed by atoms with Crippen molar-refractivity contribution in [3.8, 4) is 0 Å². The molecule has 0 unspecified atom stereocenters. The van der Waals surface area contributed by atoms with E-state index in [9.17, 15) is 0 Å². The Hall–Kier alpha value is -1.31. The number of pyridine rings is 1. The van der Waals surface area contributed by atoms with Crippen molar-refractivity contribution in [2.45, 2.75) is 6.92 Å². The first-order chi connectivity index (χ1) is 4.88. The van der Waals surface area contributed by atoms with Crippen LogP contribution in [0.4, 0.5) is 0 Å². The van der Waals surface area contributed by atoms with Gasteiger partial charge in [-0.2, -0.15) is 0 Å². The van der Waals surface area contributed by atoms with Gasteiger partial charge in [0.2, 0.25) is 0 Å². The van der Waals surface area contributed by atoms with E-state index in [0.29, 0.717) is 0 Å². The Labute approximate surface area is 58.9 Å². The maximum Gasteiger partial charge on any atom is 0.0514 e. The largest absolute Gasteiger partial charge is 0.361 e. The average molecular weight is 132 g/mol. The molecule has 0 amide bonds. The maximum atomic E-state index is 4.06. The Bertz CT molecular complexity index is 349. The molecule has 0 aliphatic heterocycles. The molecule has 2 nitrogen and oxygen atoms in total. The number of hydrogen-bond acceptors (Lipinski definition) is 1. The molecule has 2 aromatic rings. The summed E-state index contributed by atoms with van der Waals surface area (Å²) in [6.45, 7) is 2.05. The standard InChI is InChI=1S/C8H8N2/c1-6-4-9-5-7-2-3-10-8(6)7/h2-5,10H,1H3. The van der Waals surface area contributed by atoms with Gasteiger partial charge in [0.1, 0.15) is 0 Å². The highest BCUT2D eigenvalue weighted by Crippen LogP contribution is 2.13. The van der Waals surface area contributed by atoms with Crippen LogP contribution < -0.4 is 0 Å². The number of rotatable bonds is 0. The summed E-state index contributed by atoms with van der Waals surface area (Å²) in [6, 6.07) is 2.02. The van der Waals surface area contributed by atoms with Crippen LogP contribution in [-0.2, 0) is 0 Å². The van der Waals surface area contributed by atoms with E-state index in [4.69, 9.17) is 0 Å². The molecule has 0 aliphatic carbocycles. The van der Waals surface area contributed by atoms with Gasteiger partial charge in [-0.1, -0.05) is 0 Å². The monoisotopic (exact) mass is 132 g/mol. The van der Waals surface area contributed by atoms with E-state index in [1.165, 1.54) is 16.5 Å². The van der Waals surface area contributed by atoms with Crippen LogP contribution in [0.25, 0.3) is 10.9 Å². The lowest BCUT2D eigenvalue weighted by molar-refractivity contribution is 1.29. The van der Waals surface area contributed by atoms with E-state index < -0.39 is 0 Å². The molecule has 1 N–H and O–H groups in total. The highest BCUT2D eigenvalue weighted by atomic mass is 14.7. The summed E-state index contributed by atoms with van der Waals surface area (Å²) in [5.41, 5.74) is 2.39. The molecule has 50 valence electrons. The number of aryl methyl sites for hydroxylation is 1. The van der Waals surface area contributed by atoms with Gasteiger partial charge in [-0.15, -0.1) is 0 Å². The molecule has 10 heavy (non-hydrogen) atoms. The van der Waals surface area contributed by atoms with Gasteiger partial charge in [0, 0.05) is 24.0 Å². The fraction of sp³-hybridized carbons (Fsp3) is 0.125. The second kappa shape index (κ2) is 1.84. The van der Waals surface area contributed by atoms with Gasteiger partial charge < -0.3 is 4.98 Å². The van der Waals surface area contributed by atoms with Crippen molar-refractivity contribution in [1.82, 2.24) is 9.97 Å². The quantitative estimate of drug-likeness (QED) is 0.582. The first-order valence-electron chi connectivity index (χ1n) is 3.25. The van der Waals surface area contributed by atoms with Crippen molar-refractivity contribution < 1.29 is 0 Å². The summed E-state index contributed by atoms with van der Waals surface area (Å²) in [4.78, 5) is 7.21. The van der Waals surface area contributed by atoms with Crippen LogP contribution in [-0.4, -0.2) is 9.97 Å². The van der Waals surface area contributed by atoms with Crippen LogP contribution in [0.2, 0.25) is 0 Å². The van der Waals surface area contributed by atoms with Gasteiger partial charge in [-0.25, -0.2) is 0 Å². The summed E-state index contributed by atoms with van der Waals surface area (Å²) in [5.74, 6) is 0. The third kappa shape index (κ3) is 0.620. The van der Waals surface area contributed by atoms with Crippen molar-refractivity contribution in [3.05, 3.63) is 30.2 Å². The molecular weight excluding hydrogens is 124 g/mol. The molecule has 0 aliphatic rings. The molecule has 0 aromatic carbocycles. The highest BCUT2D eigenvalue weighted by Gasteiger charge is 1.94. The van der Waals surface area contributed by atoms with Crippen LogP contribution in [0, 0.1) is 6.92 Å². The fourth-order valence-corrected chi connectivity index (χ4v) is 1.12. The summed E-state index contributed by atoms with van der Waals surface area (Å²) in [5, 5.41) is 1.18. The molecule has 0 saturated carbocycles. The molecule has 0 atom stereocenters. The fourth-order valence-electron chi connectivity index (χ4n) is 1.12. The van der Waals surface area contributed by atoms with Crippen LogP contribution in [0.3, 0.4) is 0 Å². The van der Waals surface area contributed by atoms with Crippen molar-refractivity contribution in [2.24, 2.45) is 0 Å². The number of aromatic amines is 1. The normalized spacial score (nSPS) is 10.5. The molecular formula is C8H8N2. The zero-order valence-corrected chi connectivity index (χ0v) is 5.76. The van der Waals surface area contributed by atoms with Crippen molar-refractivity contribution in [2.75, 3.05) is 0 Å². The van der Waals surface area contributed by atoms with E-state index in [1.54, 1.807) is 0 Å².